The second kappa shape index (κ2) is 7.51. The molecule has 0 radical (unpaired) electrons. The predicted molar refractivity (Wildman–Crippen MR) is 125 cm³/mol. The molecule has 5 aromatic rings. The minimum atomic E-state index is 0.201. The average Bonchev–Trinajstić information content (AvgIpc) is 3.54. The largest absolute Gasteiger partial charge is 0.346 e. The molecule has 4 aromatic heterocycles. The molecule has 1 aliphatic heterocycles. The molecule has 1 amide bonds. The summed E-state index contributed by atoms with van der Waals surface area (Å²) in [7, 11) is 0. The van der Waals surface area contributed by atoms with E-state index in [1.54, 1.807) is 0 Å². The average molecular weight is 427 g/mol. The van der Waals surface area contributed by atoms with Crippen molar-refractivity contribution in [2.45, 2.75) is 32.2 Å². The smallest absolute Gasteiger partial charge is 0.223 e. The van der Waals surface area contributed by atoms with Gasteiger partial charge in [0, 0.05) is 55.3 Å². The van der Waals surface area contributed by atoms with Crippen LogP contribution in [-0.4, -0.2) is 48.4 Å². The third-order valence-corrected chi connectivity index (χ3v) is 6.90. The molecule has 1 aromatic carbocycles. The number of fused-ring (bicyclic) bond motifs is 4. The van der Waals surface area contributed by atoms with Gasteiger partial charge in [-0.2, -0.15) is 0 Å². The number of hydrogen-bond donors (Lipinski definition) is 2. The molecule has 2 N–H and O–H groups in total. The van der Waals surface area contributed by atoms with Crippen molar-refractivity contribution in [1.82, 2.24) is 29.4 Å². The Morgan fingerprint density at radius 3 is 3.03 bits per heavy atom. The highest BCUT2D eigenvalue weighted by Gasteiger charge is 2.31. The first-order valence-corrected chi connectivity index (χ1v) is 11.3. The van der Waals surface area contributed by atoms with Crippen LogP contribution >= 0.6 is 0 Å². The first kappa shape index (κ1) is 19.1. The summed E-state index contributed by atoms with van der Waals surface area (Å²) >= 11 is 0. The molecule has 7 heteroatoms. The highest BCUT2D eigenvalue weighted by Crippen LogP contribution is 2.34. The number of nitrogens with one attached hydrogen (secondary N) is 2. The maximum Gasteiger partial charge on any atom is 0.223 e. The van der Waals surface area contributed by atoms with E-state index in [-0.39, 0.29) is 11.9 Å². The van der Waals surface area contributed by atoms with Gasteiger partial charge in [0.25, 0.3) is 0 Å². The summed E-state index contributed by atoms with van der Waals surface area (Å²) in [5.41, 5.74) is 4.07. The number of amides is 1. The van der Waals surface area contributed by atoms with E-state index in [0.717, 1.165) is 52.8 Å². The van der Waals surface area contributed by atoms with Crippen molar-refractivity contribution in [3.05, 3.63) is 60.8 Å². The number of aromatic amines is 2. The second-order valence-electron chi connectivity index (χ2n) is 8.90. The molecule has 0 spiro atoms. The van der Waals surface area contributed by atoms with Crippen molar-refractivity contribution in [3.8, 4) is 0 Å². The fraction of sp³-hybridized carbons (Fsp3) is 0.320. The molecular weight excluding hydrogens is 400 g/mol. The highest BCUT2D eigenvalue weighted by atomic mass is 16.2. The van der Waals surface area contributed by atoms with Crippen molar-refractivity contribution in [2.24, 2.45) is 5.92 Å². The summed E-state index contributed by atoms with van der Waals surface area (Å²) in [6.45, 7) is 3.84. The zero-order chi connectivity index (χ0) is 21.7. The molecular formula is C25H26N6O. The Bertz CT molecular complexity index is 1390. The van der Waals surface area contributed by atoms with Gasteiger partial charge in [-0.05, 0) is 36.6 Å². The minimum Gasteiger partial charge on any atom is -0.346 e. The van der Waals surface area contributed by atoms with Crippen LogP contribution in [0.3, 0.4) is 0 Å². The maximum absolute atomic E-state index is 13.1. The van der Waals surface area contributed by atoms with Crippen molar-refractivity contribution in [2.75, 3.05) is 13.1 Å². The Labute approximate surface area is 185 Å². The van der Waals surface area contributed by atoms with Crippen molar-refractivity contribution in [3.63, 3.8) is 0 Å². The number of imidazole rings is 1. The molecule has 2 atom stereocenters. The molecule has 6 rings (SSSR count). The Hall–Kier alpha value is -3.61. The molecule has 0 bridgehead atoms. The number of H-pyrrole nitrogens is 2. The van der Waals surface area contributed by atoms with Gasteiger partial charge in [-0.3, -0.25) is 4.79 Å². The zero-order valence-electron chi connectivity index (χ0n) is 18.1. The van der Waals surface area contributed by atoms with Crippen LogP contribution in [0.5, 0.6) is 0 Å². The van der Waals surface area contributed by atoms with Gasteiger partial charge in [0.1, 0.15) is 11.5 Å². The van der Waals surface area contributed by atoms with Crippen LogP contribution in [0.15, 0.2) is 55.0 Å². The Morgan fingerprint density at radius 1 is 1.22 bits per heavy atom. The van der Waals surface area contributed by atoms with Gasteiger partial charge in [0.05, 0.1) is 22.6 Å². The summed E-state index contributed by atoms with van der Waals surface area (Å²) in [5.74, 6) is 1.57. The van der Waals surface area contributed by atoms with Gasteiger partial charge in [0.2, 0.25) is 5.91 Å². The molecule has 5 heterocycles. The number of piperidine rings is 1. The molecule has 1 saturated heterocycles. The van der Waals surface area contributed by atoms with Gasteiger partial charge < -0.3 is 19.4 Å². The van der Waals surface area contributed by atoms with E-state index < -0.39 is 0 Å². The zero-order valence-corrected chi connectivity index (χ0v) is 18.1. The number of aromatic nitrogens is 5. The van der Waals surface area contributed by atoms with E-state index in [9.17, 15) is 4.79 Å². The normalized spacial score (nSPS) is 19.3. The lowest BCUT2D eigenvalue weighted by Crippen LogP contribution is -2.44. The third kappa shape index (κ3) is 3.16. The number of aryl methyl sites for hydroxylation is 1. The quantitative estimate of drug-likeness (QED) is 0.446. The lowest BCUT2D eigenvalue weighted by atomic mass is 9.92. The molecule has 7 nitrogen and oxygen atoms in total. The van der Waals surface area contributed by atoms with Crippen LogP contribution in [0.1, 0.15) is 31.6 Å². The summed E-state index contributed by atoms with van der Waals surface area (Å²) in [5, 5.41) is 2.27. The molecule has 1 fully saturated rings. The van der Waals surface area contributed by atoms with Crippen LogP contribution in [-0.2, 0) is 11.2 Å². The topological polar surface area (TPSA) is 82.6 Å². The van der Waals surface area contributed by atoms with Gasteiger partial charge in [-0.1, -0.05) is 19.1 Å². The summed E-state index contributed by atoms with van der Waals surface area (Å²) in [6, 6.07) is 12.4. The number of carbonyl (C=O) groups is 1. The van der Waals surface area contributed by atoms with E-state index in [0.29, 0.717) is 18.8 Å². The number of likely N-dealkylation sites (tertiary alicyclic amines) is 1. The van der Waals surface area contributed by atoms with Crippen LogP contribution in [0, 0.1) is 5.92 Å². The number of nitrogens with zero attached hydrogens (tertiary/aromatic N) is 4. The summed E-state index contributed by atoms with van der Waals surface area (Å²) < 4.78 is 2.36. The lowest BCUT2D eigenvalue weighted by molar-refractivity contribution is -0.133. The number of rotatable bonds is 4. The monoisotopic (exact) mass is 426 g/mol. The van der Waals surface area contributed by atoms with Crippen LogP contribution < -0.4 is 0 Å². The Kier molecular flexibility index (Phi) is 4.48. The molecule has 0 aliphatic carbocycles. The maximum atomic E-state index is 13.1. The first-order chi connectivity index (χ1) is 15.7. The first-order valence-electron chi connectivity index (χ1n) is 11.3. The van der Waals surface area contributed by atoms with Crippen molar-refractivity contribution < 1.29 is 4.79 Å². The van der Waals surface area contributed by atoms with E-state index >= 15 is 0 Å². The molecule has 0 saturated carbocycles. The SMILES string of the molecule is C[C@@H]1CCN(C(=O)CCc2nc3ccccc3[nH]2)C[C@@H]1n1ccc2cnc3[nH]ccc3c21. The van der Waals surface area contributed by atoms with Gasteiger partial charge in [-0.25, -0.2) is 9.97 Å². The van der Waals surface area contributed by atoms with E-state index in [1.807, 2.05) is 41.6 Å². The van der Waals surface area contributed by atoms with Gasteiger partial charge in [-0.15, -0.1) is 0 Å². The molecule has 32 heavy (non-hydrogen) atoms. The van der Waals surface area contributed by atoms with Crippen molar-refractivity contribution >= 4 is 38.9 Å². The van der Waals surface area contributed by atoms with Crippen molar-refractivity contribution in [1.29, 1.82) is 0 Å². The summed E-state index contributed by atoms with van der Waals surface area (Å²) in [4.78, 5) is 30.8. The standard InChI is InChI=1S/C25H26N6O/c1-16-9-12-30(23(32)7-6-22-28-19-4-2-3-5-20(19)29-22)15-21(16)31-13-10-17-14-27-25-18(24(17)31)8-11-26-25/h2-5,8,10-11,13-14,16,21H,6-7,9,12,15H2,1H3,(H,26,27)(H,28,29)/t16-,21+/m1/s1. The summed E-state index contributed by atoms with van der Waals surface area (Å²) in [6.07, 6.45) is 8.12. The van der Waals surface area contributed by atoms with E-state index in [1.165, 1.54) is 5.52 Å². The number of carbonyl (C=O) groups excluding carboxylic acids is 1. The number of pyridine rings is 1. The molecule has 0 unspecified atom stereocenters. The van der Waals surface area contributed by atoms with E-state index in [4.69, 9.17) is 0 Å². The highest BCUT2D eigenvalue weighted by molar-refractivity contribution is 6.02. The lowest BCUT2D eigenvalue weighted by Gasteiger charge is -2.38. The van der Waals surface area contributed by atoms with Crippen LogP contribution in [0.25, 0.3) is 33.0 Å². The van der Waals surface area contributed by atoms with Gasteiger partial charge in [0.15, 0.2) is 0 Å². The fourth-order valence-electron chi connectivity index (χ4n) is 5.08. The van der Waals surface area contributed by atoms with E-state index in [2.05, 4.69) is 49.8 Å². The predicted octanol–water partition coefficient (Wildman–Crippen LogP) is 4.44. The van der Waals surface area contributed by atoms with Crippen LogP contribution in [0.2, 0.25) is 0 Å². The second-order valence-corrected chi connectivity index (χ2v) is 8.90. The third-order valence-electron chi connectivity index (χ3n) is 6.90. The van der Waals surface area contributed by atoms with Gasteiger partial charge >= 0.3 is 0 Å². The molecule has 1 aliphatic rings. The Balaban J connectivity index is 1.22. The van der Waals surface area contributed by atoms with Crippen LogP contribution in [0.4, 0.5) is 0 Å². The Morgan fingerprint density at radius 2 is 2.12 bits per heavy atom. The number of para-hydroxylation sites is 2. The number of hydrogen-bond acceptors (Lipinski definition) is 3. The fourth-order valence-corrected chi connectivity index (χ4v) is 5.08. The minimum absolute atomic E-state index is 0.201. The number of benzene rings is 1. The molecule has 162 valence electrons.